The first-order valence-corrected chi connectivity index (χ1v) is 12.6. The number of rotatable bonds is 9. The van der Waals surface area contributed by atoms with Gasteiger partial charge in [0, 0.05) is 25.0 Å². The Morgan fingerprint density at radius 2 is 1.17 bits per heavy atom. The van der Waals surface area contributed by atoms with Crippen LogP contribution in [0.25, 0.3) is 0 Å². The van der Waals surface area contributed by atoms with Gasteiger partial charge in [0.1, 0.15) is 23.3 Å². The second-order valence-corrected chi connectivity index (χ2v) is 10.9. The second kappa shape index (κ2) is 15.2. The summed E-state index contributed by atoms with van der Waals surface area (Å²) in [6.45, 7) is 10.1. The molecule has 0 bridgehead atoms. The fourth-order valence-corrected chi connectivity index (χ4v) is 3.18. The Hall–Kier alpha value is -4.68. The highest BCUT2D eigenvalue weighted by atomic mass is 16.6. The number of hydrogen-bond donors (Lipinski definition) is 4. The lowest BCUT2D eigenvalue weighted by atomic mass is 10.1. The molecule has 2 aromatic carbocycles. The summed E-state index contributed by atoms with van der Waals surface area (Å²) in [5.41, 5.74) is -0.277. The number of nitro benzene ring substituents is 1. The van der Waals surface area contributed by atoms with Crippen molar-refractivity contribution in [3.63, 3.8) is 0 Å². The van der Waals surface area contributed by atoms with Crippen molar-refractivity contribution in [2.24, 2.45) is 0 Å². The van der Waals surface area contributed by atoms with Gasteiger partial charge in [0.15, 0.2) is 0 Å². The van der Waals surface area contributed by atoms with E-state index in [1.807, 2.05) is 30.3 Å². The van der Waals surface area contributed by atoms with Gasteiger partial charge < -0.3 is 30.3 Å². The van der Waals surface area contributed by atoms with Crippen LogP contribution in [0.1, 0.15) is 52.7 Å². The Labute approximate surface area is 238 Å². The maximum absolute atomic E-state index is 11.6. The number of hydrogen-bond acceptors (Lipinski definition) is 8. The van der Waals surface area contributed by atoms with Gasteiger partial charge in [0.05, 0.1) is 4.92 Å². The number of benzene rings is 2. The highest BCUT2D eigenvalue weighted by Gasteiger charge is 2.25. The molecule has 2 aromatic rings. The van der Waals surface area contributed by atoms with Crippen LogP contribution in [0.4, 0.5) is 15.3 Å². The third-order valence-electron chi connectivity index (χ3n) is 4.82. The Morgan fingerprint density at radius 3 is 1.56 bits per heavy atom. The average Bonchev–Trinajstić information content (AvgIpc) is 2.82. The largest absolute Gasteiger partial charge is 0.480 e. The molecule has 4 N–H and O–H groups in total. The Kier molecular flexibility index (Phi) is 12.7. The number of nitrogens with zero attached hydrogens (tertiary/aromatic N) is 1. The molecule has 13 heteroatoms. The lowest BCUT2D eigenvalue weighted by Crippen LogP contribution is -2.44. The molecule has 2 atom stereocenters. The number of aliphatic carboxylic acids is 2. The maximum atomic E-state index is 11.6. The number of carbonyl (C=O) groups excluding carboxylic acids is 2. The molecular weight excluding hydrogens is 538 g/mol. The van der Waals surface area contributed by atoms with Gasteiger partial charge in [0.2, 0.25) is 0 Å². The van der Waals surface area contributed by atoms with E-state index >= 15 is 0 Å². The molecule has 13 nitrogen and oxygen atoms in total. The molecule has 0 saturated carbocycles. The van der Waals surface area contributed by atoms with Gasteiger partial charge in [-0.3, -0.25) is 10.1 Å². The van der Waals surface area contributed by atoms with Crippen LogP contribution in [0.5, 0.6) is 0 Å². The van der Waals surface area contributed by atoms with E-state index in [4.69, 9.17) is 19.7 Å². The Balaban J connectivity index is 0.000000414. The van der Waals surface area contributed by atoms with Crippen LogP contribution in [0.2, 0.25) is 0 Å². The number of ether oxygens (including phenoxy) is 2. The molecule has 0 aliphatic rings. The van der Waals surface area contributed by atoms with Crippen LogP contribution in [0.3, 0.4) is 0 Å². The van der Waals surface area contributed by atoms with Crippen LogP contribution in [-0.4, -0.2) is 62.5 Å². The molecule has 224 valence electrons. The molecule has 41 heavy (non-hydrogen) atoms. The summed E-state index contributed by atoms with van der Waals surface area (Å²) < 4.78 is 10.0. The third kappa shape index (κ3) is 14.9. The number of carboxylic acid groups (broad SMARTS) is 2. The third-order valence-corrected chi connectivity index (χ3v) is 4.82. The predicted molar refractivity (Wildman–Crippen MR) is 149 cm³/mol. The molecule has 0 aliphatic carbocycles. The highest BCUT2D eigenvalue weighted by molar-refractivity contribution is 5.81. The van der Waals surface area contributed by atoms with Gasteiger partial charge in [-0.15, -0.1) is 0 Å². The molecule has 1 unspecified atom stereocenters. The summed E-state index contributed by atoms with van der Waals surface area (Å²) in [6, 6.07) is 12.5. The first-order chi connectivity index (χ1) is 18.9. The van der Waals surface area contributed by atoms with Gasteiger partial charge >= 0.3 is 24.1 Å². The monoisotopic (exact) mass is 575 g/mol. The second-order valence-electron chi connectivity index (χ2n) is 10.9. The van der Waals surface area contributed by atoms with E-state index in [0.29, 0.717) is 5.56 Å². The van der Waals surface area contributed by atoms with Gasteiger partial charge in [0.25, 0.3) is 5.69 Å². The van der Waals surface area contributed by atoms with E-state index in [1.54, 1.807) is 47.6 Å². The molecule has 0 aliphatic heterocycles. The Morgan fingerprint density at radius 1 is 0.756 bits per heavy atom. The lowest BCUT2D eigenvalue weighted by Gasteiger charge is -2.22. The number of nitrogens with one attached hydrogen (secondary N) is 2. The van der Waals surface area contributed by atoms with E-state index in [2.05, 4.69) is 10.6 Å². The van der Waals surface area contributed by atoms with Crippen molar-refractivity contribution in [1.82, 2.24) is 10.6 Å². The van der Waals surface area contributed by atoms with Crippen LogP contribution in [0, 0.1) is 10.1 Å². The summed E-state index contributed by atoms with van der Waals surface area (Å²) >= 11 is 0. The molecule has 0 saturated heterocycles. The molecular formula is C28H37N3O10. The van der Waals surface area contributed by atoms with Crippen LogP contribution in [0.15, 0.2) is 54.6 Å². The zero-order chi connectivity index (χ0) is 31.4. The maximum Gasteiger partial charge on any atom is 0.408 e. The van der Waals surface area contributed by atoms with E-state index in [9.17, 15) is 29.3 Å². The summed E-state index contributed by atoms with van der Waals surface area (Å²) in [5, 5.41) is 33.6. The fourth-order valence-electron chi connectivity index (χ4n) is 3.18. The SMILES string of the molecule is CC(C)(C)OC(=O)NC(Cc1cccc([N+](=O)[O-])c1)C(=O)O.CC(C)(C)OC(=O)N[C@@H](Cc1ccccc1)C(=O)O. The van der Waals surface area contributed by atoms with Gasteiger partial charge in [-0.1, -0.05) is 42.5 Å². The zero-order valence-electron chi connectivity index (χ0n) is 23.9. The van der Waals surface area contributed by atoms with Crippen molar-refractivity contribution in [3.05, 3.63) is 75.8 Å². The minimum absolute atomic E-state index is 0.0870. The molecule has 0 spiro atoms. The van der Waals surface area contributed by atoms with Gasteiger partial charge in [-0.05, 0) is 52.7 Å². The Bertz CT molecular complexity index is 1200. The van der Waals surface area contributed by atoms with Crippen LogP contribution in [-0.2, 0) is 31.9 Å². The number of alkyl carbamates (subject to hydrolysis) is 2. The zero-order valence-corrected chi connectivity index (χ0v) is 23.9. The van der Waals surface area contributed by atoms with Crippen molar-refractivity contribution in [3.8, 4) is 0 Å². The highest BCUT2D eigenvalue weighted by Crippen LogP contribution is 2.15. The van der Waals surface area contributed by atoms with E-state index in [0.717, 1.165) is 5.56 Å². The minimum Gasteiger partial charge on any atom is -0.480 e. The van der Waals surface area contributed by atoms with E-state index in [-0.39, 0.29) is 18.5 Å². The molecule has 0 fully saturated rings. The van der Waals surface area contributed by atoms with Crippen molar-refractivity contribution in [2.75, 3.05) is 0 Å². The summed E-state index contributed by atoms with van der Waals surface area (Å²) in [7, 11) is 0. The summed E-state index contributed by atoms with van der Waals surface area (Å²) in [5.74, 6) is -2.34. The van der Waals surface area contributed by atoms with Crippen LogP contribution < -0.4 is 10.6 Å². The summed E-state index contributed by atoms with van der Waals surface area (Å²) in [6.07, 6.45) is -1.45. The first kappa shape index (κ1) is 34.3. The number of carbonyl (C=O) groups is 4. The van der Waals surface area contributed by atoms with E-state index in [1.165, 1.54) is 18.2 Å². The van der Waals surface area contributed by atoms with Crippen molar-refractivity contribution in [2.45, 2.75) is 77.7 Å². The number of amides is 2. The quantitative estimate of drug-likeness (QED) is 0.247. The average molecular weight is 576 g/mol. The molecule has 2 amide bonds. The predicted octanol–water partition coefficient (Wildman–Crippen LogP) is 4.32. The van der Waals surface area contributed by atoms with Gasteiger partial charge in [-0.2, -0.15) is 0 Å². The smallest absolute Gasteiger partial charge is 0.408 e. The fraction of sp³-hybridized carbons (Fsp3) is 0.429. The first-order valence-electron chi connectivity index (χ1n) is 12.6. The number of nitro groups is 1. The lowest BCUT2D eigenvalue weighted by molar-refractivity contribution is -0.384. The van der Waals surface area contributed by atoms with E-state index < -0.39 is 52.3 Å². The molecule has 0 heterocycles. The van der Waals surface area contributed by atoms with Crippen molar-refractivity contribution >= 4 is 29.8 Å². The normalized spacial score (nSPS) is 12.4. The summed E-state index contributed by atoms with van der Waals surface area (Å²) in [4.78, 5) is 55.7. The molecule has 0 radical (unpaired) electrons. The van der Waals surface area contributed by atoms with Crippen molar-refractivity contribution in [1.29, 1.82) is 0 Å². The standard InChI is InChI=1S/C14H18N2O6.C14H19NO4/c1-14(2,3)22-13(19)15-11(12(17)18)8-9-5-4-6-10(7-9)16(20)21;1-14(2,3)19-13(18)15-11(12(16)17)9-10-7-5-4-6-8-10/h4-7,11H,8H2,1-3H3,(H,15,19)(H,17,18);4-8,11H,9H2,1-3H3,(H,15,18)(H,16,17)/t;11-/m.0/s1. The number of carboxylic acids is 2. The molecule has 2 rings (SSSR count). The van der Waals surface area contributed by atoms with Crippen molar-refractivity contribution < 1.29 is 43.8 Å². The minimum atomic E-state index is -1.25. The van der Waals surface area contributed by atoms with Gasteiger partial charge in [-0.25, -0.2) is 19.2 Å². The molecule has 0 aromatic heterocycles. The number of non-ortho nitro benzene ring substituents is 1. The van der Waals surface area contributed by atoms with Crippen LogP contribution >= 0.6 is 0 Å². The topological polar surface area (TPSA) is 194 Å².